The minimum absolute atomic E-state index is 0.0448. The van der Waals surface area contributed by atoms with Gasteiger partial charge >= 0.3 is 0 Å². The molecule has 0 unspecified atom stereocenters. The van der Waals surface area contributed by atoms with Crippen molar-refractivity contribution in [3.05, 3.63) is 76.5 Å². The molecule has 0 aliphatic carbocycles. The van der Waals surface area contributed by atoms with Gasteiger partial charge in [0.15, 0.2) is 0 Å². The van der Waals surface area contributed by atoms with Crippen LogP contribution in [0.25, 0.3) is 11.0 Å². The van der Waals surface area contributed by atoms with E-state index in [-0.39, 0.29) is 24.9 Å². The van der Waals surface area contributed by atoms with Crippen molar-refractivity contribution in [2.75, 3.05) is 13.7 Å². The van der Waals surface area contributed by atoms with E-state index >= 15 is 0 Å². The highest BCUT2D eigenvalue weighted by molar-refractivity contribution is 7.10. The topological polar surface area (TPSA) is 89.3 Å². The number of fused-ring (bicyclic) bond motifs is 1. The molecule has 2 aromatic heterocycles. The molecule has 2 amide bonds. The second-order valence-corrected chi connectivity index (χ2v) is 9.94. The van der Waals surface area contributed by atoms with Crippen molar-refractivity contribution in [2.24, 2.45) is 5.92 Å². The molecule has 1 N–H and O–H groups in total. The van der Waals surface area contributed by atoms with Gasteiger partial charge in [0.25, 0.3) is 0 Å². The van der Waals surface area contributed by atoms with Gasteiger partial charge in [-0.25, -0.2) is 4.68 Å². The number of methoxy groups -OCH3 is 1. The molecule has 0 saturated heterocycles. The first-order valence-corrected chi connectivity index (χ1v) is 12.9. The number of benzene rings is 2. The summed E-state index contributed by atoms with van der Waals surface area (Å²) in [5.41, 5.74) is 2.29. The number of hydrogen-bond donors (Lipinski definition) is 1. The lowest BCUT2D eigenvalue weighted by atomic mass is 10.1. The Morgan fingerprint density at radius 3 is 2.61 bits per heavy atom. The van der Waals surface area contributed by atoms with E-state index < -0.39 is 6.04 Å². The number of nitrogens with one attached hydrogen (secondary N) is 1. The number of ether oxygens (including phenoxy) is 1. The molecular weight excluding hydrogens is 474 g/mol. The van der Waals surface area contributed by atoms with Crippen molar-refractivity contribution in [3.63, 3.8) is 0 Å². The minimum Gasteiger partial charge on any atom is -0.496 e. The highest BCUT2D eigenvalue weighted by Crippen LogP contribution is 2.30. The van der Waals surface area contributed by atoms with Crippen LogP contribution in [0.3, 0.4) is 0 Å². The first kappa shape index (κ1) is 25.4. The number of amides is 2. The van der Waals surface area contributed by atoms with E-state index in [1.165, 1.54) is 11.3 Å². The molecule has 4 aromatic rings. The van der Waals surface area contributed by atoms with E-state index in [2.05, 4.69) is 29.5 Å². The minimum atomic E-state index is -0.788. The molecule has 36 heavy (non-hydrogen) atoms. The SMILES string of the molecule is COc1ccccc1CN(C(=O)Cn1nnc2ccccc21)[C@@H](C(=O)NCCC(C)C)c1cccs1. The summed E-state index contributed by atoms with van der Waals surface area (Å²) in [6.07, 6.45) is 0.855. The number of rotatable bonds is 11. The summed E-state index contributed by atoms with van der Waals surface area (Å²) in [5.74, 6) is 0.669. The standard InChI is InChI=1S/C27H31N5O3S/c1-19(2)14-15-28-27(34)26(24-13-8-16-36-24)31(17-20-9-4-7-12-23(20)35-3)25(33)18-32-22-11-6-5-10-21(22)29-30-32/h4-13,16,19,26H,14-15,17-18H2,1-3H3,(H,28,34)/t26-/m1/s1. The number of thiophene rings is 1. The molecule has 0 aliphatic heterocycles. The van der Waals surface area contributed by atoms with Crippen LogP contribution in [0.15, 0.2) is 66.0 Å². The fourth-order valence-corrected chi connectivity index (χ4v) is 4.88. The Morgan fingerprint density at radius 2 is 1.86 bits per heavy atom. The normalized spacial score (nSPS) is 12.0. The molecule has 0 aliphatic rings. The van der Waals surface area contributed by atoms with Crippen LogP contribution >= 0.6 is 11.3 Å². The molecule has 9 heteroatoms. The summed E-state index contributed by atoms with van der Waals surface area (Å²) in [7, 11) is 1.60. The lowest BCUT2D eigenvalue weighted by Crippen LogP contribution is -2.44. The number of hydrogen-bond acceptors (Lipinski definition) is 6. The van der Waals surface area contributed by atoms with Crippen molar-refractivity contribution in [3.8, 4) is 5.75 Å². The summed E-state index contributed by atoms with van der Waals surface area (Å²) in [6.45, 7) is 4.93. The van der Waals surface area contributed by atoms with E-state index in [0.29, 0.717) is 23.7 Å². The third kappa shape index (κ3) is 5.91. The predicted molar refractivity (Wildman–Crippen MR) is 141 cm³/mol. The Hall–Kier alpha value is -3.72. The summed E-state index contributed by atoms with van der Waals surface area (Å²) in [4.78, 5) is 29.9. The number of carbonyl (C=O) groups is 2. The predicted octanol–water partition coefficient (Wildman–Crippen LogP) is 4.43. The van der Waals surface area contributed by atoms with Crippen LogP contribution in [0.1, 0.15) is 36.8 Å². The van der Waals surface area contributed by atoms with Gasteiger partial charge in [-0.2, -0.15) is 0 Å². The highest BCUT2D eigenvalue weighted by Gasteiger charge is 2.33. The quantitative estimate of drug-likeness (QED) is 0.326. The van der Waals surface area contributed by atoms with Crippen LogP contribution in [-0.4, -0.2) is 45.4 Å². The second kappa shape index (κ2) is 11.8. The van der Waals surface area contributed by atoms with Gasteiger partial charge < -0.3 is 15.0 Å². The van der Waals surface area contributed by atoms with Crippen molar-refractivity contribution < 1.29 is 14.3 Å². The Bertz CT molecular complexity index is 1300. The van der Waals surface area contributed by atoms with Crippen molar-refractivity contribution >= 4 is 34.2 Å². The van der Waals surface area contributed by atoms with Crippen molar-refractivity contribution in [2.45, 2.75) is 39.4 Å². The van der Waals surface area contributed by atoms with E-state index in [0.717, 1.165) is 22.4 Å². The van der Waals surface area contributed by atoms with E-state index in [1.54, 1.807) is 16.7 Å². The summed E-state index contributed by atoms with van der Waals surface area (Å²) < 4.78 is 7.13. The molecule has 188 valence electrons. The average Bonchev–Trinajstić information content (AvgIpc) is 3.54. The van der Waals surface area contributed by atoms with Crippen molar-refractivity contribution in [1.82, 2.24) is 25.2 Å². The molecule has 8 nitrogen and oxygen atoms in total. The maximum atomic E-state index is 13.9. The number of para-hydroxylation sites is 2. The zero-order valence-corrected chi connectivity index (χ0v) is 21.6. The van der Waals surface area contributed by atoms with Crippen molar-refractivity contribution in [1.29, 1.82) is 0 Å². The van der Waals surface area contributed by atoms with Crippen LogP contribution in [0.4, 0.5) is 0 Å². The average molecular weight is 506 g/mol. The van der Waals surface area contributed by atoms with Crippen LogP contribution in [0, 0.1) is 5.92 Å². The van der Waals surface area contributed by atoms with Crippen LogP contribution in [-0.2, 0) is 22.7 Å². The number of nitrogens with zero attached hydrogens (tertiary/aromatic N) is 4. The van der Waals surface area contributed by atoms with Gasteiger partial charge in [0.05, 0.1) is 19.2 Å². The Morgan fingerprint density at radius 1 is 1.08 bits per heavy atom. The summed E-state index contributed by atoms with van der Waals surface area (Å²) in [5, 5.41) is 13.3. The molecule has 1 atom stereocenters. The molecule has 0 fully saturated rings. The molecule has 0 radical (unpaired) electrons. The third-order valence-electron chi connectivity index (χ3n) is 5.95. The maximum absolute atomic E-state index is 13.9. The molecule has 2 aromatic carbocycles. The highest BCUT2D eigenvalue weighted by atomic mass is 32.1. The van der Waals surface area contributed by atoms with Gasteiger partial charge in [-0.15, -0.1) is 16.4 Å². The zero-order chi connectivity index (χ0) is 25.5. The molecular formula is C27H31N5O3S. The van der Waals surface area contributed by atoms with Gasteiger partial charge in [0, 0.05) is 17.0 Å². The lowest BCUT2D eigenvalue weighted by molar-refractivity contribution is -0.142. The Kier molecular flexibility index (Phi) is 8.32. The fourth-order valence-electron chi connectivity index (χ4n) is 4.05. The Labute approximate surface area is 214 Å². The zero-order valence-electron chi connectivity index (χ0n) is 20.8. The van der Waals surface area contributed by atoms with E-state index in [4.69, 9.17) is 4.74 Å². The largest absolute Gasteiger partial charge is 0.496 e. The second-order valence-electron chi connectivity index (χ2n) is 8.96. The lowest BCUT2D eigenvalue weighted by Gasteiger charge is -2.31. The monoisotopic (exact) mass is 505 g/mol. The van der Waals surface area contributed by atoms with E-state index in [1.807, 2.05) is 66.0 Å². The fraction of sp³-hybridized carbons (Fsp3) is 0.333. The van der Waals surface area contributed by atoms with Gasteiger partial charge in [-0.1, -0.05) is 55.5 Å². The van der Waals surface area contributed by atoms with Gasteiger partial charge in [0.1, 0.15) is 23.9 Å². The first-order chi connectivity index (χ1) is 17.5. The molecule has 0 saturated carbocycles. The summed E-state index contributed by atoms with van der Waals surface area (Å²) >= 11 is 1.46. The Balaban J connectivity index is 1.70. The van der Waals surface area contributed by atoms with Gasteiger partial charge in [-0.3, -0.25) is 9.59 Å². The van der Waals surface area contributed by atoms with Crippen LogP contribution < -0.4 is 10.1 Å². The molecule has 2 heterocycles. The smallest absolute Gasteiger partial charge is 0.248 e. The van der Waals surface area contributed by atoms with Gasteiger partial charge in [-0.05, 0) is 42.0 Å². The first-order valence-electron chi connectivity index (χ1n) is 12.0. The van der Waals surface area contributed by atoms with Crippen LogP contribution in [0.2, 0.25) is 0 Å². The number of carbonyl (C=O) groups excluding carboxylic acids is 2. The third-order valence-corrected chi connectivity index (χ3v) is 6.88. The van der Waals surface area contributed by atoms with Gasteiger partial charge in [0.2, 0.25) is 11.8 Å². The maximum Gasteiger partial charge on any atom is 0.248 e. The molecule has 0 spiro atoms. The number of aromatic nitrogens is 3. The van der Waals surface area contributed by atoms with Crippen LogP contribution in [0.5, 0.6) is 5.75 Å². The molecule has 0 bridgehead atoms. The van der Waals surface area contributed by atoms with E-state index in [9.17, 15) is 9.59 Å². The molecule has 4 rings (SSSR count). The summed E-state index contributed by atoms with van der Waals surface area (Å²) in [6, 6.07) is 18.0.